The minimum atomic E-state index is -0.222. The van der Waals surface area contributed by atoms with E-state index in [1.807, 2.05) is 0 Å². The first-order valence-corrected chi connectivity index (χ1v) is 3.78. The van der Waals surface area contributed by atoms with Gasteiger partial charge in [0.25, 0.3) is 0 Å². The van der Waals surface area contributed by atoms with E-state index in [1.54, 1.807) is 21.1 Å². The molecule has 4 heteroatoms. The van der Waals surface area contributed by atoms with Crippen LogP contribution in [0.2, 0.25) is 0 Å². The van der Waals surface area contributed by atoms with E-state index in [9.17, 15) is 0 Å². The van der Waals surface area contributed by atoms with Gasteiger partial charge in [-0.15, -0.1) is 23.2 Å². The van der Waals surface area contributed by atoms with Crippen LogP contribution in [0.15, 0.2) is 0 Å². The molecule has 0 unspecified atom stereocenters. The van der Waals surface area contributed by atoms with Crippen LogP contribution in [0.3, 0.4) is 0 Å². The molecule has 0 aliphatic rings. The number of methoxy groups -OCH3 is 2. The molecule has 0 saturated carbocycles. The molecule has 0 aliphatic carbocycles. The quantitative estimate of drug-likeness (QED) is 0.499. The van der Waals surface area contributed by atoms with Crippen molar-refractivity contribution < 1.29 is 9.47 Å². The molecule has 10 heavy (non-hydrogen) atoms. The van der Waals surface area contributed by atoms with Gasteiger partial charge in [0, 0.05) is 14.2 Å². The molecule has 0 spiro atoms. The molecule has 0 aromatic rings. The Balaban J connectivity index is 0. The Morgan fingerprint density at radius 2 is 1.30 bits per heavy atom. The van der Waals surface area contributed by atoms with E-state index in [0.29, 0.717) is 13.2 Å². The predicted molar refractivity (Wildman–Crippen MR) is 44.9 cm³/mol. The number of rotatable bonds is 3. The number of hydrogen-bond donors (Lipinski definition) is 0. The van der Waals surface area contributed by atoms with Gasteiger partial charge in [0.05, 0.1) is 13.2 Å². The van der Waals surface area contributed by atoms with Crippen LogP contribution in [0.1, 0.15) is 6.92 Å². The van der Waals surface area contributed by atoms with Crippen LogP contribution in [0, 0.1) is 0 Å². The summed E-state index contributed by atoms with van der Waals surface area (Å²) in [6, 6.07) is 0. The highest BCUT2D eigenvalue weighted by Gasteiger charge is 1.75. The van der Waals surface area contributed by atoms with Crippen LogP contribution >= 0.6 is 23.2 Å². The molecular formula is C6H14Cl2O2. The van der Waals surface area contributed by atoms with Crippen molar-refractivity contribution in [3.05, 3.63) is 0 Å². The zero-order valence-corrected chi connectivity index (χ0v) is 8.08. The molecule has 2 nitrogen and oxygen atoms in total. The van der Waals surface area contributed by atoms with Gasteiger partial charge >= 0.3 is 0 Å². The summed E-state index contributed by atoms with van der Waals surface area (Å²) in [6.45, 7) is 3.08. The number of hydrogen-bond acceptors (Lipinski definition) is 2. The second kappa shape index (κ2) is 12.2. The van der Waals surface area contributed by atoms with Crippen LogP contribution in [-0.4, -0.2) is 32.3 Å². The maximum atomic E-state index is 5.04. The summed E-state index contributed by atoms with van der Waals surface area (Å²) in [4.78, 5) is -0.222. The minimum absolute atomic E-state index is 0.222. The van der Waals surface area contributed by atoms with Gasteiger partial charge in [0.2, 0.25) is 0 Å². The molecule has 0 saturated heterocycles. The Bertz CT molecular complexity index is 44.3. The first-order valence-electron chi connectivity index (χ1n) is 2.91. The highest BCUT2D eigenvalue weighted by molar-refractivity contribution is 6.43. The maximum Gasteiger partial charge on any atom is 0.105 e. The van der Waals surface area contributed by atoms with Gasteiger partial charge in [0.1, 0.15) is 4.84 Å². The molecule has 0 heterocycles. The van der Waals surface area contributed by atoms with Crippen molar-refractivity contribution in [2.75, 3.05) is 27.4 Å². The Labute approximate surface area is 72.4 Å². The molecule has 0 bridgehead atoms. The number of halogens is 2. The predicted octanol–water partition coefficient (Wildman–Crippen LogP) is 2.09. The molecule has 0 atom stereocenters. The smallest absolute Gasteiger partial charge is 0.105 e. The summed E-state index contributed by atoms with van der Waals surface area (Å²) in [5, 5.41) is 0. The van der Waals surface area contributed by atoms with Crippen molar-refractivity contribution >= 4 is 23.2 Å². The number of alkyl halides is 2. The molecule has 0 amide bonds. The Hall–Kier alpha value is 0.500. The zero-order chi connectivity index (χ0) is 8.41. The minimum Gasteiger partial charge on any atom is -0.382 e. The Kier molecular flexibility index (Phi) is 16.0. The Morgan fingerprint density at radius 3 is 1.40 bits per heavy atom. The molecule has 0 aromatic carbocycles. The van der Waals surface area contributed by atoms with Gasteiger partial charge in [0.15, 0.2) is 0 Å². The summed E-state index contributed by atoms with van der Waals surface area (Å²) in [5.74, 6) is 0. The molecule has 0 fully saturated rings. The van der Waals surface area contributed by atoms with E-state index in [-0.39, 0.29) is 4.84 Å². The van der Waals surface area contributed by atoms with Gasteiger partial charge < -0.3 is 9.47 Å². The first-order chi connectivity index (χ1) is 4.65. The van der Waals surface area contributed by atoms with Gasteiger partial charge in [-0.2, -0.15) is 0 Å². The van der Waals surface area contributed by atoms with Gasteiger partial charge in [-0.05, 0) is 6.92 Å². The third-order valence-corrected chi connectivity index (χ3v) is 0.492. The molecule has 0 rings (SSSR count). The highest BCUT2D eigenvalue weighted by Crippen LogP contribution is 1.95. The summed E-state index contributed by atoms with van der Waals surface area (Å²) in [7, 11) is 3.30. The second-order valence-electron chi connectivity index (χ2n) is 1.50. The van der Waals surface area contributed by atoms with Crippen molar-refractivity contribution in [3.63, 3.8) is 0 Å². The van der Waals surface area contributed by atoms with Crippen LogP contribution in [0.4, 0.5) is 0 Å². The lowest BCUT2D eigenvalue weighted by Crippen LogP contribution is -1.96. The third-order valence-electron chi connectivity index (χ3n) is 0.492. The number of ether oxygens (including phenoxy) is 2. The van der Waals surface area contributed by atoms with Gasteiger partial charge in [-0.3, -0.25) is 0 Å². The van der Waals surface area contributed by atoms with Crippen molar-refractivity contribution in [2.45, 2.75) is 11.8 Å². The van der Waals surface area contributed by atoms with Crippen LogP contribution in [0.25, 0.3) is 0 Å². The van der Waals surface area contributed by atoms with Crippen LogP contribution in [-0.2, 0) is 9.47 Å². The fraction of sp³-hybridized carbons (Fsp3) is 1.00. The van der Waals surface area contributed by atoms with Crippen LogP contribution in [0.5, 0.6) is 0 Å². The van der Waals surface area contributed by atoms with Crippen LogP contribution < -0.4 is 0 Å². The maximum absolute atomic E-state index is 5.04. The van der Waals surface area contributed by atoms with Crippen molar-refractivity contribution in [2.24, 2.45) is 0 Å². The fourth-order valence-corrected chi connectivity index (χ4v) is 0.167. The van der Waals surface area contributed by atoms with Gasteiger partial charge in [-0.25, -0.2) is 0 Å². The third kappa shape index (κ3) is 39.0. The first kappa shape index (κ1) is 13.1. The molecular weight excluding hydrogens is 175 g/mol. The topological polar surface area (TPSA) is 18.5 Å². The van der Waals surface area contributed by atoms with E-state index in [4.69, 9.17) is 23.2 Å². The van der Waals surface area contributed by atoms with E-state index in [2.05, 4.69) is 9.47 Å². The largest absolute Gasteiger partial charge is 0.382 e. The Morgan fingerprint density at radius 1 is 1.10 bits per heavy atom. The molecule has 64 valence electrons. The lowest BCUT2D eigenvalue weighted by atomic mass is 10.8. The summed E-state index contributed by atoms with van der Waals surface area (Å²) < 4.78 is 9.31. The van der Waals surface area contributed by atoms with E-state index in [1.165, 1.54) is 0 Å². The average molecular weight is 189 g/mol. The average Bonchev–Trinajstić information content (AvgIpc) is 1.82. The highest BCUT2D eigenvalue weighted by atomic mass is 35.5. The summed E-state index contributed by atoms with van der Waals surface area (Å²) in [6.07, 6.45) is 0. The molecule has 0 N–H and O–H groups in total. The lowest BCUT2D eigenvalue weighted by molar-refractivity contribution is 0.103. The van der Waals surface area contributed by atoms with E-state index in [0.717, 1.165) is 0 Å². The monoisotopic (exact) mass is 188 g/mol. The SMILES string of the molecule is CC(Cl)Cl.COCCOC. The van der Waals surface area contributed by atoms with Gasteiger partial charge in [-0.1, -0.05) is 0 Å². The summed E-state index contributed by atoms with van der Waals surface area (Å²) in [5.41, 5.74) is 0. The van der Waals surface area contributed by atoms with Crippen molar-refractivity contribution in [1.82, 2.24) is 0 Å². The molecule has 0 aliphatic heterocycles. The van der Waals surface area contributed by atoms with Crippen molar-refractivity contribution in [1.29, 1.82) is 0 Å². The van der Waals surface area contributed by atoms with E-state index < -0.39 is 0 Å². The molecule has 0 radical (unpaired) electrons. The fourth-order valence-electron chi connectivity index (χ4n) is 0.167. The molecule has 0 aromatic heterocycles. The van der Waals surface area contributed by atoms with Crippen molar-refractivity contribution in [3.8, 4) is 0 Å². The normalized spacial score (nSPS) is 9.00. The standard InChI is InChI=1S/C4H10O2.C2H4Cl2/c1-5-3-4-6-2;1-2(3)4/h3-4H2,1-2H3;2H,1H3. The summed E-state index contributed by atoms with van der Waals surface area (Å²) >= 11 is 10.1. The van der Waals surface area contributed by atoms with E-state index >= 15 is 0 Å². The zero-order valence-electron chi connectivity index (χ0n) is 6.56. The lowest BCUT2D eigenvalue weighted by Gasteiger charge is -1.91. The second-order valence-corrected chi connectivity index (χ2v) is 3.04.